The molecule has 0 radical (unpaired) electrons. The van der Waals surface area contributed by atoms with E-state index in [4.69, 9.17) is 0 Å². The summed E-state index contributed by atoms with van der Waals surface area (Å²) in [4.78, 5) is 0. The number of allylic oxidation sites excluding steroid dienone is 2. The first-order chi connectivity index (χ1) is 21.2. The number of hydrogen-bond acceptors (Lipinski definition) is 0. The first-order valence-electron chi connectivity index (χ1n) is 16.8. The van der Waals surface area contributed by atoms with Crippen LogP contribution in [0.2, 0.25) is 6.55 Å². The minimum Gasteiger partial charge on any atom is -1.00 e. The molecule has 0 saturated heterocycles. The third-order valence-corrected chi connectivity index (χ3v) is 35.9. The average molecular weight is 819 g/mol. The van der Waals surface area contributed by atoms with E-state index in [1.54, 1.807) is 22.3 Å². The largest absolute Gasteiger partial charge is 1.00 e. The summed E-state index contributed by atoms with van der Waals surface area (Å²) in [7, 11) is 0. The Morgan fingerprint density at radius 3 is 1.27 bits per heavy atom. The fraction of sp³-hybridized carbons (Fsp3) is 0.317. The summed E-state index contributed by atoms with van der Waals surface area (Å²) in [5.74, 6) is 0. The average Bonchev–Trinajstić information content (AvgIpc) is 3.64. The number of fused-ring (bicyclic) bond motifs is 2. The van der Waals surface area contributed by atoms with Crippen molar-refractivity contribution < 1.29 is 45.4 Å². The number of unbranched alkanes of at least 4 members (excludes halogenated alkanes) is 3. The third-order valence-electron chi connectivity index (χ3n) is 9.40. The fourth-order valence-corrected chi connectivity index (χ4v) is 36.1. The summed E-state index contributed by atoms with van der Waals surface area (Å²) in [6.45, 7) is 11.8. The van der Waals surface area contributed by atoms with Crippen molar-refractivity contribution in [3.8, 4) is 22.3 Å². The van der Waals surface area contributed by atoms with Crippen molar-refractivity contribution in [2.45, 2.75) is 80.1 Å². The summed E-state index contributed by atoms with van der Waals surface area (Å²) in [5.41, 5.74) is 15.3. The Kier molecular flexibility index (Phi) is 15.3. The molecular weight excluding hydrogens is 770 g/mol. The fourth-order valence-electron chi connectivity index (χ4n) is 7.23. The van der Waals surface area contributed by atoms with Gasteiger partial charge >= 0.3 is 233 Å². The van der Waals surface area contributed by atoms with E-state index in [-0.39, 0.29) is 31.5 Å². The Bertz CT molecular complexity index is 1440. The molecule has 0 saturated carbocycles. The van der Waals surface area contributed by atoms with E-state index >= 15 is 0 Å². The predicted octanol–water partition coefficient (Wildman–Crippen LogP) is 5.76. The Morgan fingerprint density at radius 1 is 0.533 bits per heavy atom. The van der Waals surface area contributed by atoms with Gasteiger partial charge in [0.25, 0.3) is 0 Å². The molecule has 0 fully saturated rings. The monoisotopic (exact) mass is 819 g/mol. The van der Waals surface area contributed by atoms with Crippen molar-refractivity contribution in [3.05, 3.63) is 130 Å². The minimum atomic E-state index is -2.16. The van der Waals surface area contributed by atoms with Crippen LogP contribution >= 0.6 is 0 Å². The molecule has 0 aromatic heterocycles. The molecule has 2 atom stereocenters. The van der Waals surface area contributed by atoms with E-state index < -0.39 is 20.6 Å². The molecule has 4 heteroatoms. The number of benzene rings is 4. The van der Waals surface area contributed by atoms with E-state index in [0.29, 0.717) is 0 Å². The second kappa shape index (κ2) is 18.4. The van der Waals surface area contributed by atoms with Crippen LogP contribution in [0.15, 0.2) is 108 Å². The van der Waals surface area contributed by atoms with Crippen molar-refractivity contribution in [2.75, 3.05) is 0 Å². The van der Waals surface area contributed by atoms with Crippen LogP contribution in [-0.2, 0) is 20.6 Å². The van der Waals surface area contributed by atoms with Gasteiger partial charge in [0.05, 0.1) is 0 Å². The Morgan fingerprint density at radius 2 is 0.933 bits per heavy atom. The number of halogens is 2. The smallest absolute Gasteiger partial charge is 0.0536 e. The molecule has 6 rings (SSSR count). The third kappa shape index (κ3) is 8.13. The van der Waals surface area contributed by atoms with Gasteiger partial charge in [-0.15, -0.1) is 0 Å². The van der Waals surface area contributed by atoms with Crippen LogP contribution < -0.4 is 24.8 Å². The van der Waals surface area contributed by atoms with Gasteiger partial charge in [0.2, 0.25) is 0 Å². The normalized spacial score (nSPS) is 16.0. The number of hydrogen-bond donors (Lipinski definition) is 0. The maximum atomic E-state index is 2.64. The molecule has 235 valence electrons. The van der Waals surface area contributed by atoms with Crippen LogP contribution in [-0.4, -0.2) is 6.71 Å². The molecule has 0 nitrogen and oxygen atoms in total. The van der Waals surface area contributed by atoms with Gasteiger partial charge < -0.3 is 24.8 Å². The molecule has 0 spiro atoms. The SMILES string of the molecule is CCC1=Cc2c(-c3ccccc3)cccc2[CH]1[Hf+2]([SiH2]C)[CH]1C(CC)=Cc2c(-c3ccccc3)cccc21.CCCCCC.[Cl-].[Cl-]. The Hall–Kier alpha value is -1.97. The van der Waals surface area contributed by atoms with E-state index in [1.165, 1.54) is 71.9 Å². The van der Waals surface area contributed by atoms with Gasteiger partial charge in [0.15, 0.2) is 0 Å². The van der Waals surface area contributed by atoms with Crippen LogP contribution in [0.25, 0.3) is 34.4 Å². The first kappa shape index (κ1) is 37.5. The molecule has 4 aromatic rings. The Balaban J connectivity index is 0.000000632. The molecule has 4 aromatic carbocycles. The minimum absolute atomic E-state index is 0. The summed E-state index contributed by atoms with van der Waals surface area (Å²) < 4.78 is 1.47. The Labute approximate surface area is 295 Å². The molecular formula is C41H49Cl2HfSi. The number of rotatable bonds is 10. The van der Waals surface area contributed by atoms with Crippen LogP contribution in [0.3, 0.4) is 0 Å². The zero-order valence-corrected chi connectivity index (χ0v) is 34.3. The molecule has 0 bridgehead atoms. The van der Waals surface area contributed by atoms with Crippen molar-refractivity contribution in [1.29, 1.82) is 0 Å². The van der Waals surface area contributed by atoms with E-state index in [1.807, 2.05) is 0 Å². The maximum Gasteiger partial charge on any atom is -0.0536 e. The van der Waals surface area contributed by atoms with Crippen molar-refractivity contribution in [3.63, 3.8) is 0 Å². The zero-order chi connectivity index (χ0) is 30.2. The summed E-state index contributed by atoms with van der Waals surface area (Å²) >= 11 is -2.16. The van der Waals surface area contributed by atoms with Gasteiger partial charge in [-0.2, -0.15) is 0 Å². The molecule has 2 aliphatic carbocycles. The van der Waals surface area contributed by atoms with Crippen molar-refractivity contribution >= 4 is 18.9 Å². The second-order valence-corrected chi connectivity index (χ2v) is 35.3. The first-order valence-corrected chi connectivity index (χ1v) is 30.7. The molecule has 2 unspecified atom stereocenters. The van der Waals surface area contributed by atoms with Gasteiger partial charge in [-0.3, -0.25) is 0 Å². The van der Waals surface area contributed by atoms with Crippen molar-refractivity contribution in [1.82, 2.24) is 0 Å². The van der Waals surface area contributed by atoms with Crippen LogP contribution in [0, 0.1) is 0 Å². The molecule has 0 amide bonds. The molecule has 0 aliphatic heterocycles. The summed E-state index contributed by atoms with van der Waals surface area (Å²) in [6.07, 6.45) is 13.1. The van der Waals surface area contributed by atoms with Gasteiger partial charge in [0.1, 0.15) is 0 Å². The molecule has 2 aliphatic rings. The van der Waals surface area contributed by atoms with Crippen LogP contribution in [0.5, 0.6) is 0 Å². The summed E-state index contributed by atoms with van der Waals surface area (Å²) in [5, 5.41) is 0. The van der Waals surface area contributed by atoms with Gasteiger partial charge in [-0.1, -0.05) is 39.5 Å². The van der Waals surface area contributed by atoms with Crippen molar-refractivity contribution in [2.24, 2.45) is 0 Å². The van der Waals surface area contributed by atoms with E-state index in [0.717, 1.165) is 7.35 Å². The molecule has 0 N–H and O–H groups in total. The maximum absolute atomic E-state index is 2.64. The van der Waals surface area contributed by atoms with Gasteiger partial charge in [-0.25, -0.2) is 0 Å². The molecule has 45 heavy (non-hydrogen) atoms. The molecule has 0 heterocycles. The second-order valence-electron chi connectivity index (χ2n) is 12.0. The van der Waals surface area contributed by atoms with E-state index in [9.17, 15) is 0 Å². The standard InChI is InChI=1S/2C17H15.C6H14.CH5Si.2ClH.Hf/c2*1-2-13-11-15-9-6-10-16(17(15)12-13)14-7-4-3-5-8-14;1-3-5-6-4-2;1-2;;;/h2*3-12H,2H2,1H3;3-6H2,1-2H3;2H2,1H3;2*1H;/q;;;;;;+2/p-2. The predicted molar refractivity (Wildman–Crippen MR) is 190 cm³/mol. The van der Waals surface area contributed by atoms with E-state index in [2.05, 4.69) is 143 Å². The summed E-state index contributed by atoms with van der Waals surface area (Å²) in [6, 6.07) is 36.3. The van der Waals surface area contributed by atoms with Crippen LogP contribution in [0.1, 0.15) is 95.8 Å². The van der Waals surface area contributed by atoms with Crippen LogP contribution in [0.4, 0.5) is 0 Å². The quantitative estimate of drug-likeness (QED) is 0.141. The van der Waals surface area contributed by atoms with Gasteiger partial charge in [0, 0.05) is 0 Å². The topological polar surface area (TPSA) is 0 Å². The zero-order valence-electron chi connectivity index (χ0n) is 27.8. The van der Waals surface area contributed by atoms with Gasteiger partial charge in [-0.05, 0) is 0 Å².